The van der Waals surface area contributed by atoms with Crippen LogP contribution in [0.4, 0.5) is 0 Å². The van der Waals surface area contributed by atoms with E-state index in [1.54, 1.807) is 19.1 Å². The molecule has 0 aliphatic heterocycles. The van der Waals surface area contributed by atoms with E-state index in [0.717, 1.165) is 25.1 Å². The Labute approximate surface area is 122 Å². The summed E-state index contributed by atoms with van der Waals surface area (Å²) >= 11 is 0. The van der Waals surface area contributed by atoms with Crippen LogP contribution in [0.15, 0.2) is 29.2 Å². The largest absolute Gasteiger partial charge is 0.313 e. The molecule has 0 fully saturated rings. The number of nitrogens with zero attached hydrogens (tertiary/aromatic N) is 1. The lowest BCUT2D eigenvalue weighted by Crippen LogP contribution is -2.31. The number of benzene rings is 1. The molecule has 1 aromatic rings. The lowest BCUT2D eigenvalue weighted by Gasteiger charge is -2.18. The molecule has 1 aromatic carbocycles. The fourth-order valence-electron chi connectivity index (χ4n) is 1.81. The molecule has 1 rings (SSSR count). The summed E-state index contributed by atoms with van der Waals surface area (Å²) in [6.45, 7) is 6.04. The minimum atomic E-state index is -3.48. The van der Waals surface area contributed by atoms with Crippen molar-refractivity contribution >= 4 is 10.0 Å². The third-order valence-corrected chi connectivity index (χ3v) is 4.87. The summed E-state index contributed by atoms with van der Waals surface area (Å²) in [7, 11) is -3.48. The van der Waals surface area contributed by atoms with Gasteiger partial charge < -0.3 is 5.32 Å². The van der Waals surface area contributed by atoms with Gasteiger partial charge in [-0.1, -0.05) is 31.9 Å². The molecule has 0 unspecified atom stereocenters. The SMILES string of the molecule is C#CCN(CC)S(=O)(=O)c1ccc(CNCCC)cc1. The molecule has 0 saturated heterocycles. The Morgan fingerprint density at radius 2 is 1.90 bits per heavy atom. The van der Waals surface area contributed by atoms with E-state index in [4.69, 9.17) is 6.42 Å². The van der Waals surface area contributed by atoms with E-state index >= 15 is 0 Å². The highest BCUT2D eigenvalue weighted by Gasteiger charge is 2.21. The normalized spacial score (nSPS) is 11.5. The van der Waals surface area contributed by atoms with Crippen LogP contribution >= 0.6 is 0 Å². The smallest absolute Gasteiger partial charge is 0.243 e. The van der Waals surface area contributed by atoms with Crippen molar-refractivity contribution in [2.75, 3.05) is 19.6 Å². The van der Waals surface area contributed by atoms with E-state index in [1.165, 1.54) is 4.31 Å². The monoisotopic (exact) mass is 294 g/mol. The van der Waals surface area contributed by atoms with Gasteiger partial charge in [0.2, 0.25) is 10.0 Å². The molecule has 0 amide bonds. The van der Waals surface area contributed by atoms with Crippen LogP contribution in [0, 0.1) is 12.3 Å². The Bertz CT molecular complexity index is 544. The zero-order valence-electron chi connectivity index (χ0n) is 12.1. The topological polar surface area (TPSA) is 49.4 Å². The van der Waals surface area contributed by atoms with Crippen molar-refractivity contribution in [3.8, 4) is 12.3 Å². The molecule has 0 heterocycles. The minimum absolute atomic E-state index is 0.0959. The summed E-state index contributed by atoms with van der Waals surface area (Å²) in [5.41, 5.74) is 1.07. The number of nitrogens with one attached hydrogen (secondary N) is 1. The molecule has 110 valence electrons. The molecule has 0 aliphatic rings. The highest BCUT2D eigenvalue weighted by atomic mass is 32.2. The quantitative estimate of drug-likeness (QED) is 0.588. The van der Waals surface area contributed by atoms with Gasteiger partial charge in [0.05, 0.1) is 11.4 Å². The first-order chi connectivity index (χ1) is 9.56. The number of rotatable bonds is 8. The second-order valence-electron chi connectivity index (χ2n) is 4.46. The number of hydrogen-bond donors (Lipinski definition) is 1. The van der Waals surface area contributed by atoms with Crippen molar-refractivity contribution in [1.82, 2.24) is 9.62 Å². The Balaban J connectivity index is 2.84. The minimum Gasteiger partial charge on any atom is -0.313 e. The number of hydrogen-bond acceptors (Lipinski definition) is 3. The zero-order valence-corrected chi connectivity index (χ0v) is 12.9. The Hall–Kier alpha value is -1.35. The van der Waals surface area contributed by atoms with Gasteiger partial charge in [0.25, 0.3) is 0 Å². The maximum Gasteiger partial charge on any atom is 0.243 e. The summed E-state index contributed by atoms with van der Waals surface area (Å²) in [4.78, 5) is 0.286. The first-order valence-electron chi connectivity index (χ1n) is 6.79. The van der Waals surface area contributed by atoms with Crippen LogP contribution in [-0.4, -0.2) is 32.4 Å². The predicted molar refractivity (Wildman–Crippen MR) is 81.7 cm³/mol. The zero-order chi connectivity index (χ0) is 15.0. The van der Waals surface area contributed by atoms with Crippen molar-refractivity contribution in [1.29, 1.82) is 0 Å². The molecule has 0 atom stereocenters. The van der Waals surface area contributed by atoms with Gasteiger partial charge >= 0.3 is 0 Å². The molecule has 0 saturated carbocycles. The summed E-state index contributed by atoms with van der Waals surface area (Å²) in [5, 5.41) is 3.28. The van der Waals surface area contributed by atoms with Crippen LogP contribution in [0.5, 0.6) is 0 Å². The fraction of sp³-hybridized carbons (Fsp3) is 0.467. The summed E-state index contributed by atoms with van der Waals surface area (Å²) in [6.07, 6.45) is 6.28. The molecule has 5 heteroatoms. The molecular weight excluding hydrogens is 272 g/mol. The summed E-state index contributed by atoms with van der Waals surface area (Å²) in [5.74, 6) is 2.38. The van der Waals surface area contributed by atoms with Crippen molar-refractivity contribution in [2.24, 2.45) is 0 Å². The van der Waals surface area contributed by atoms with Crippen LogP contribution in [0.3, 0.4) is 0 Å². The second-order valence-corrected chi connectivity index (χ2v) is 6.39. The first-order valence-corrected chi connectivity index (χ1v) is 8.23. The van der Waals surface area contributed by atoms with Crippen LogP contribution in [0.1, 0.15) is 25.8 Å². The Kier molecular flexibility index (Phi) is 6.73. The summed E-state index contributed by atoms with van der Waals surface area (Å²) in [6, 6.07) is 6.94. The molecule has 0 aromatic heterocycles. The first kappa shape index (κ1) is 16.7. The van der Waals surface area contributed by atoms with E-state index < -0.39 is 10.0 Å². The van der Waals surface area contributed by atoms with Gasteiger partial charge in [0.1, 0.15) is 0 Å². The van der Waals surface area contributed by atoms with Gasteiger partial charge in [-0.25, -0.2) is 8.42 Å². The highest BCUT2D eigenvalue weighted by Crippen LogP contribution is 2.16. The van der Waals surface area contributed by atoms with Crippen LogP contribution in [-0.2, 0) is 16.6 Å². The van der Waals surface area contributed by atoms with Gasteiger partial charge in [0.15, 0.2) is 0 Å². The maximum absolute atomic E-state index is 12.3. The Morgan fingerprint density at radius 1 is 1.25 bits per heavy atom. The van der Waals surface area contributed by atoms with Crippen molar-refractivity contribution in [2.45, 2.75) is 31.7 Å². The standard InChI is InChI=1S/C15H22N2O2S/c1-4-11-16-13-14-7-9-15(10-8-14)20(18,19)17(6-3)12-5-2/h2,7-10,16H,4,6,11-13H2,1,3H3. The molecule has 1 N–H and O–H groups in total. The van der Waals surface area contributed by atoms with Gasteiger partial charge in [0, 0.05) is 13.1 Å². The van der Waals surface area contributed by atoms with Crippen molar-refractivity contribution in [3.05, 3.63) is 29.8 Å². The second kappa shape index (κ2) is 8.05. The van der Waals surface area contributed by atoms with E-state index in [9.17, 15) is 8.42 Å². The van der Waals surface area contributed by atoms with E-state index in [1.807, 2.05) is 12.1 Å². The van der Waals surface area contributed by atoms with Gasteiger partial charge in [-0.2, -0.15) is 4.31 Å². The van der Waals surface area contributed by atoms with Crippen LogP contribution < -0.4 is 5.32 Å². The summed E-state index contributed by atoms with van der Waals surface area (Å²) < 4.78 is 26.0. The third-order valence-electron chi connectivity index (χ3n) is 2.94. The van der Waals surface area contributed by atoms with Crippen molar-refractivity contribution in [3.63, 3.8) is 0 Å². The number of terminal acetylenes is 1. The molecule has 4 nitrogen and oxygen atoms in total. The molecule has 20 heavy (non-hydrogen) atoms. The van der Waals surface area contributed by atoms with E-state index in [-0.39, 0.29) is 11.4 Å². The average molecular weight is 294 g/mol. The lowest BCUT2D eigenvalue weighted by atomic mass is 10.2. The van der Waals surface area contributed by atoms with E-state index in [0.29, 0.717) is 6.54 Å². The molecular formula is C15H22N2O2S. The lowest BCUT2D eigenvalue weighted by molar-refractivity contribution is 0.464. The van der Waals surface area contributed by atoms with Crippen LogP contribution in [0.25, 0.3) is 0 Å². The predicted octanol–water partition coefficient (Wildman–Crippen LogP) is 1.83. The van der Waals surface area contributed by atoms with Crippen molar-refractivity contribution < 1.29 is 8.42 Å². The van der Waals surface area contributed by atoms with E-state index in [2.05, 4.69) is 18.2 Å². The molecule has 0 spiro atoms. The number of sulfonamides is 1. The van der Waals surface area contributed by atoms with Gasteiger partial charge in [-0.05, 0) is 30.7 Å². The molecule has 0 bridgehead atoms. The third kappa shape index (κ3) is 4.34. The Morgan fingerprint density at radius 3 is 2.40 bits per heavy atom. The van der Waals surface area contributed by atoms with Gasteiger partial charge in [-0.15, -0.1) is 6.42 Å². The van der Waals surface area contributed by atoms with Crippen LogP contribution in [0.2, 0.25) is 0 Å². The molecule has 0 radical (unpaired) electrons. The van der Waals surface area contributed by atoms with Gasteiger partial charge in [-0.3, -0.25) is 0 Å². The highest BCUT2D eigenvalue weighted by molar-refractivity contribution is 7.89. The molecule has 0 aliphatic carbocycles. The average Bonchev–Trinajstić information content (AvgIpc) is 2.45. The maximum atomic E-state index is 12.3. The fourth-order valence-corrected chi connectivity index (χ4v) is 3.17.